The summed E-state index contributed by atoms with van der Waals surface area (Å²) in [5, 5.41) is 0. The van der Waals surface area contributed by atoms with Crippen molar-refractivity contribution in [2.45, 2.75) is 63.3 Å². The maximum atomic E-state index is 6.38. The van der Waals surface area contributed by atoms with E-state index in [-0.39, 0.29) is 11.8 Å². The fraction of sp³-hybridized carbons (Fsp3) is 1.00. The van der Waals surface area contributed by atoms with Crippen molar-refractivity contribution in [1.82, 2.24) is 4.90 Å². The molecule has 2 atom stereocenters. The average Bonchev–Trinajstić information content (AvgIpc) is 2.90. The minimum Gasteiger partial charge on any atom is -0.347 e. The molecular weight excluding hydrogens is 240 g/mol. The van der Waals surface area contributed by atoms with Gasteiger partial charge in [-0.1, -0.05) is 13.3 Å². The molecule has 3 aliphatic rings. The molecule has 1 spiro atoms. The van der Waals surface area contributed by atoms with E-state index in [1.54, 1.807) is 0 Å². The van der Waals surface area contributed by atoms with Gasteiger partial charge in [0, 0.05) is 24.9 Å². The highest BCUT2D eigenvalue weighted by Crippen LogP contribution is 2.38. The van der Waals surface area contributed by atoms with Gasteiger partial charge < -0.3 is 15.2 Å². The Labute approximate surface area is 116 Å². The van der Waals surface area contributed by atoms with Crippen molar-refractivity contribution in [3.63, 3.8) is 0 Å². The number of likely N-dealkylation sites (tertiary alicyclic amines) is 1. The van der Waals surface area contributed by atoms with Crippen molar-refractivity contribution in [3.8, 4) is 0 Å². The fourth-order valence-electron chi connectivity index (χ4n) is 4.00. The van der Waals surface area contributed by atoms with Crippen LogP contribution in [0.4, 0.5) is 0 Å². The normalized spacial score (nSPS) is 36.9. The Kier molecular flexibility index (Phi) is 4.13. The van der Waals surface area contributed by atoms with Crippen LogP contribution in [0.2, 0.25) is 0 Å². The van der Waals surface area contributed by atoms with Crippen LogP contribution in [0.25, 0.3) is 0 Å². The van der Waals surface area contributed by atoms with E-state index in [4.69, 9.17) is 15.2 Å². The van der Waals surface area contributed by atoms with Crippen LogP contribution in [-0.2, 0) is 9.47 Å². The molecule has 4 heteroatoms. The van der Waals surface area contributed by atoms with Gasteiger partial charge in [-0.05, 0) is 38.3 Å². The molecule has 110 valence electrons. The Morgan fingerprint density at radius 3 is 2.47 bits per heavy atom. The smallest absolute Gasteiger partial charge is 0.170 e. The van der Waals surface area contributed by atoms with Crippen LogP contribution in [0, 0.1) is 5.92 Å². The first-order chi connectivity index (χ1) is 9.22. The molecule has 2 aliphatic heterocycles. The molecule has 0 aromatic rings. The second-order valence-electron chi connectivity index (χ2n) is 6.47. The number of ether oxygens (including phenoxy) is 2. The summed E-state index contributed by atoms with van der Waals surface area (Å²) in [6.45, 7) is 6.21. The number of nitrogens with two attached hydrogens (primary N) is 1. The van der Waals surface area contributed by atoms with Crippen molar-refractivity contribution >= 4 is 0 Å². The third-order valence-electron chi connectivity index (χ3n) is 5.38. The van der Waals surface area contributed by atoms with E-state index in [1.165, 1.54) is 32.4 Å². The van der Waals surface area contributed by atoms with Crippen molar-refractivity contribution in [2.75, 3.05) is 26.3 Å². The van der Waals surface area contributed by atoms with Crippen LogP contribution in [0.15, 0.2) is 0 Å². The van der Waals surface area contributed by atoms with Gasteiger partial charge in [0.2, 0.25) is 0 Å². The number of nitrogens with zero attached hydrogens (tertiary/aromatic N) is 1. The molecule has 0 bridgehead atoms. The minimum atomic E-state index is -0.303. The summed E-state index contributed by atoms with van der Waals surface area (Å²) in [4.78, 5) is 2.60. The lowest BCUT2D eigenvalue weighted by molar-refractivity contribution is -0.192. The van der Waals surface area contributed by atoms with Crippen molar-refractivity contribution in [1.29, 1.82) is 0 Å². The number of piperidine rings is 1. The Balaban J connectivity index is 1.62. The molecule has 2 saturated heterocycles. The first kappa shape index (κ1) is 13.8. The predicted molar refractivity (Wildman–Crippen MR) is 74.8 cm³/mol. The largest absolute Gasteiger partial charge is 0.347 e. The van der Waals surface area contributed by atoms with Crippen molar-refractivity contribution in [3.05, 3.63) is 0 Å². The molecule has 1 aliphatic carbocycles. The van der Waals surface area contributed by atoms with Crippen LogP contribution >= 0.6 is 0 Å². The SMILES string of the molecule is CCC1CCN(C2CC3(CCC2N)OCCO3)CC1. The van der Waals surface area contributed by atoms with E-state index in [1.807, 2.05) is 0 Å². The third-order valence-corrected chi connectivity index (χ3v) is 5.38. The van der Waals surface area contributed by atoms with Gasteiger partial charge in [-0.25, -0.2) is 0 Å². The standard InChI is InChI=1S/C15H28N2O2/c1-2-12-4-7-17(8-5-12)14-11-15(6-3-13(14)16)18-9-10-19-15/h12-14H,2-11,16H2,1H3. The lowest BCUT2D eigenvalue weighted by atomic mass is 9.83. The van der Waals surface area contributed by atoms with E-state index in [9.17, 15) is 0 Å². The summed E-state index contributed by atoms with van der Waals surface area (Å²) in [5.74, 6) is 0.617. The summed E-state index contributed by atoms with van der Waals surface area (Å²) >= 11 is 0. The Bertz CT molecular complexity index is 297. The van der Waals surface area contributed by atoms with Gasteiger partial charge in [0.1, 0.15) is 0 Å². The van der Waals surface area contributed by atoms with Crippen LogP contribution < -0.4 is 5.73 Å². The summed E-state index contributed by atoms with van der Waals surface area (Å²) in [6, 6.07) is 0.737. The molecule has 19 heavy (non-hydrogen) atoms. The monoisotopic (exact) mass is 268 g/mol. The quantitative estimate of drug-likeness (QED) is 0.828. The lowest BCUT2D eigenvalue weighted by Gasteiger charge is -2.46. The van der Waals surface area contributed by atoms with Gasteiger partial charge in [0.15, 0.2) is 5.79 Å². The van der Waals surface area contributed by atoms with Gasteiger partial charge in [0.05, 0.1) is 13.2 Å². The topological polar surface area (TPSA) is 47.7 Å². The number of hydrogen-bond acceptors (Lipinski definition) is 4. The first-order valence-electron chi connectivity index (χ1n) is 8.00. The highest BCUT2D eigenvalue weighted by atomic mass is 16.7. The van der Waals surface area contributed by atoms with Crippen LogP contribution in [0.1, 0.15) is 45.4 Å². The Morgan fingerprint density at radius 1 is 1.16 bits per heavy atom. The molecule has 3 fully saturated rings. The second kappa shape index (κ2) is 5.68. The second-order valence-corrected chi connectivity index (χ2v) is 6.47. The summed E-state index contributed by atoms with van der Waals surface area (Å²) in [5.41, 5.74) is 6.38. The first-order valence-corrected chi connectivity index (χ1v) is 8.00. The summed E-state index contributed by atoms with van der Waals surface area (Å²) < 4.78 is 11.8. The maximum Gasteiger partial charge on any atom is 0.170 e. The maximum absolute atomic E-state index is 6.38. The number of hydrogen-bond donors (Lipinski definition) is 1. The molecule has 0 aromatic carbocycles. The molecule has 0 amide bonds. The predicted octanol–water partition coefficient (Wildman–Crippen LogP) is 1.73. The van der Waals surface area contributed by atoms with E-state index in [2.05, 4.69) is 11.8 Å². The van der Waals surface area contributed by atoms with E-state index < -0.39 is 0 Å². The molecule has 4 nitrogen and oxygen atoms in total. The summed E-state index contributed by atoms with van der Waals surface area (Å²) in [7, 11) is 0. The molecule has 3 rings (SSSR count). The molecule has 1 saturated carbocycles. The third kappa shape index (κ3) is 2.82. The number of rotatable bonds is 2. The Hall–Kier alpha value is -0.160. The van der Waals surface area contributed by atoms with Gasteiger partial charge in [0.25, 0.3) is 0 Å². The van der Waals surface area contributed by atoms with Gasteiger partial charge in [-0.2, -0.15) is 0 Å². The summed E-state index contributed by atoms with van der Waals surface area (Å²) in [6.07, 6.45) is 6.93. The average molecular weight is 268 g/mol. The van der Waals surface area contributed by atoms with Crippen LogP contribution in [0.5, 0.6) is 0 Å². The molecule has 2 N–H and O–H groups in total. The van der Waals surface area contributed by atoms with Crippen molar-refractivity contribution < 1.29 is 9.47 Å². The minimum absolute atomic E-state index is 0.289. The zero-order chi connectivity index (χ0) is 13.3. The Morgan fingerprint density at radius 2 is 1.84 bits per heavy atom. The van der Waals surface area contributed by atoms with Gasteiger partial charge in [-0.3, -0.25) is 4.90 Å². The fourth-order valence-corrected chi connectivity index (χ4v) is 4.00. The van der Waals surface area contributed by atoms with E-state index in [0.717, 1.165) is 38.4 Å². The van der Waals surface area contributed by atoms with E-state index in [0.29, 0.717) is 6.04 Å². The zero-order valence-electron chi connectivity index (χ0n) is 12.1. The molecule has 2 heterocycles. The highest BCUT2D eigenvalue weighted by molar-refractivity contribution is 4.96. The van der Waals surface area contributed by atoms with Crippen LogP contribution in [0.3, 0.4) is 0 Å². The highest BCUT2D eigenvalue weighted by Gasteiger charge is 2.46. The van der Waals surface area contributed by atoms with Gasteiger partial charge in [-0.15, -0.1) is 0 Å². The van der Waals surface area contributed by atoms with Crippen LogP contribution in [-0.4, -0.2) is 49.1 Å². The molecule has 0 aromatic heterocycles. The van der Waals surface area contributed by atoms with Crippen molar-refractivity contribution in [2.24, 2.45) is 11.7 Å². The van der Waals surface area contributed by atoms with Gasteiger partial charge >= 0.3 is 0 Å². The molecular formula is C15H28N2O2. The zero-order valence-corrected chi connectivity index (χ0v) is 12.1. The lowest BCUT2D eigenvalue weighted by Crippen LogP contribution is -2.57. The molecule has 2 unspecified atom stereocenters. The van der Waals surface area contributed by atoms with E-state index >= 15 is 0 Å². The molecule has 0 radical (unpaired) electrons.